The molecule has 0 saturated heterocycles. The Hall–Kier alpha value is -0.570. The summed E-state index contributed by atoms with van der Waals surface area (Å²) in [4.78, 5) is 0. The molecule has 3 heteroatoms. The zero-order chi connectivity index (χ0) is 11.1. The predicted octanol–water partition coefficient (Wildman–Crippen LogP) is 2.44. The molecule has 1 fully saturated rings. The Morgan fingerprint density at radius 1 is 1.31 bits per heavy atom. The van der Waals surface area contributed by atoms with Gasteiger partial charge in [0.15, 0.2) is 0 Å². The fraction of sp³-hybridized carbons (Fsp3) is 0.538. The molecule has 86 valence electrons. The third-order valence-corrected chi connectivity index (χ3v) is 3.97. The van der Waals surface area contributed by atoms with Crippen LogP contribution in [0.5, 0.6) is 0 Å². The minimum atomic E-state index is -0.0800. The second-order valence-electron chi connectivity index (χ2n) is 4.92. The van der Waals surface area contributed by atoms with Crippen molar-refractivity contribution in [2.75, 3.05) is 0 Å². The topological polar surface area (TPSA) is 32.3 Å². The van der Waals surface area contributed by atoms with Gasteiger partial charge in [-0.05, 0) is 48.9 Å². The summed E-state index contributed by atoms with van der Waals surface area (Å²) in [5.41, 5.74) is 2.77. The van der Waals surface area contributed by atoms with Gasteiger partial charge in [0, 0.05) is 17.1 Å². The monoisotopic (exact) mass is 237 g/mol. The lowest BCUT2D eigenvalue weighted by Crippen LogP contribution is -2.45. The summed E-state index contributed by atoms with van der Waals surface area (Å²) in [5, 5.41) is 13.7. The first kappa shape index (κ1) is 10.6. The number of hydrogen-bond acceptors (Lipinski definition) is 2. The van der Waals surface area contributed by atoms with Gasteiger partial charge in [0.25, 0.3) is 0 Å². The van der Waals surface area contributed by atoms with Crippen molar-refractivity contribution in [2.45, 2.75) is 43.9 Å². The Morgan fingerprint density at radius 3 is 2.88 bits per heavy atom. The first-order valence-corrected chi connectivity index (χ1v) is 6.32. The number of aliphatic hydroxyl groups excluding tert-OH is 1. The van der Waals surface area contributed by atoms with E-state index in [1.807, 2.05) is 6.07 Å². The first-order valence-electron chi connectivity index (χ1n) is 5.95. The van der Waals surface area contributed by atoms with Crippen molar-refractivity contribution in [1.82, 2.24) is 5.32 Å². The van der Waals surface area contributed by atoms with Crippen molar-refractivity contribution in [3.8, 4) is 0 Å². The molecule has 1 aromatic carbocycles. The van der Waals surface area contributed by atoms with Crippen LogP contribution in [0.25, 0.3) is 0 Å². The van der Waals surface area contributed by atoms with Crippen LogP contribution in [0.2, 0.25) is 5.02 Å². The molecule has 0 bridgehead atoms. The van der Waals surface area contributed by atoms with Crippen molar-refractivity contribution in [2.24, 2.45) is 0 Å². The molecule has 1 saturated carbocycles. The van der Waals surface area contributed by atoms with Crippen molar-refractivity contribution in [1.29, 1.82) is 0 Å². The summed E-state index contributed by atoms with van der Waals surface area (Å²) in [7, 11) is 0. The van der Waals surface area contributed by atoms with Gasteiger partial charge in [-0.2, -0.15) is 0 Å². The summed E-state index contributed by atoms with van der Waals surface area (Å²) in [6.07, 6.45) is 3.99. The third-order valence-electron chi connectivity index (χ3n) is 3.73. The fourth-order valence-electron chi connectivity index (χ4n) is 2.77. The molecule has 0 amide bonds. The van der Waals surface area contributed by atoms with Gasteiger partial charge < -0.3 is 10.4 Å². The molecular formula is C13H16ClNO. The molecule has 0 aromatic heterocycles. The van der Waals surface area contributed by atoms with E-state index in [4.69, 9.17) is 11.6 Å². The molecule has 1 atom stereocenters. The maximum absolute atomic E-state index is 9.27. The summed E-state index contributed by atoms with van der Waals surface area (Å²) in [5.74, 6) is 0. The van der Waals surface area contributed by atoms with E-state index in [0.717, 1.165) is 30.7 Å². The van der Waals surface area contributed by atoms with Gasteiger partial charge >= 0.3 is 0 Å². The van der Waals surface area contributed by atoms with Crippen molar-refractivity contribution < 1.29 is 5.11 Å². The Bertz CT molecular complexity index is 401. The molecule has 3 rings (SSSR count). The molecule has 0 spiro atoms. The SMILES string of the molecule is OC1CC(NC2CCc3cc(Cl)ccc32)C1. The van der Waals surface area contributed by atoms with Gasteiger partial charge in [0.1, 0.15) is 0 Å². The van der Waals surface area contributed by atoms with E-state index in [-0.39, 0.29) is 6.10 Å². The summed E-state index contributed by atoms with van der Waals surface area (Å²) >= 11 is 5.98. The first-order chi connectivity index (χ1) is 7.72. The number of rotatable bonds is 2. The molecule has 1 unspecified atom stereocenters. The normalized spacial score (nSPS) is 32.2. The van der Waals surface area contributed by atoms with Gasteiger partial charge in [0.05, 0.1) is 6.10 Å². The van der Waals surface area contributed by atoms with Crippen LogP contribution in [-0.2, 0) is 6.42 Å². The third kappa shape index (κ3) is 1.86. The summed E-state index contributed by atoms with van der Waals surface area (Å²) in [6, 6.07) is 7.15. The van der Waals surface area contributed by atoms with Crippen LogP contribution in [-0.4, -0.2) is 17.3 Å². The van der Waals surface area contributed by atoms with Crippen molar-refractivity contribution in [3.05, 3.63) is 34.3 Å². The smallest absolute Gasteiger partial charge is 0.0570 e. The number of nitrogens with one attached hydrogen (secondary N) is 1. The fourth-order valence-corrected chi connectivity index (χ4v) is 2.96. The molecule has 2 N–H and O–H groups in total. The molecule has 2 aliphatic carbocycles. The van der Waals surface area contributed by atoms with Crippen LogP contribution in [0, 0.1) is 0 Å². The van der Waals surface area contributed by atoms with Gasteiger partial charge in [0.2, 0.25) is 0 Å². The van der Waals surface area contributed by atoms with E-state index in [2.05, 4.69) is 17.4 Å². The van der Waals surface area contributed by atoms with Gasteiger partial charge in [-0.1, -0.05) is 17.7 Å². The van der Waals surface area contributed by atoms with Gasteiger partial charge in [-0.15, -0.1) is 0 Å². The van der Waals surface area contributed by atoms with Crippen molar-refractivity contribution in [3.63, 3.8) is 0 Å². The highest BCUT2D eigenvalue weighted by Crippen LogP contribution is 2.34. The largest absolute Gasteiger partial charge is 0.393 e. The Morgan fingerprint density at radius 2 is 2.12 bits per heavy atom. The highest BCUT2D eigenvalue weighted by atomic mass is 35.5. The second kappa shape index (κ2) is 4.02. The molecule has 2 aliphatic rings. The molecule has 2 nitrogen and oxygen atoms in total. The average Bonchev–Trinajstić information content (AvgIpc) is 2.58. The Balaban J connectivity index is 1.71. The van der Waals surface area contributed by atoms with Crippen molar-refractivity contribution >= 4 is 11.6 Å². The molecular weight excluding hydrogens is 222 g/mol. The van der Waals surface area contributed by atoms with Gasteiger partial charge in [-0.3, -0.25) is 0 Å². The van der Waals surface area contributed by atoms with E-state index in [9.17, 15) is 5.11 Å². The lowest BCUT2D eigenvalue weighted by Gasteiger charge is -2.34. The van der Waals surface area contributed by atoms with E-state index < -0.39 is 0 Å². The van der Waals surface area contributed by atoms with E-state index in [1.54, 1.807) is 0 Å². The lowest BCUT2D eigenvalue weighted by molar-refractivity contribution is 0.0577. The standard InChI is InChI=1S/C13H16ClNO/c14-9-2-3-12-8(5-9)1-4-13(12)15-10-6-11(16)7-10/h2-3,5,10-11,13,15-16H,1,4,6-7H2. The lowest BCUT2D eigenvalue weighted by atomic mass is 9.88. The van der Waals surface area contributed by atoms with Crippen LogP contribution in [0.1, 0.15) is 36.4 Å². The molecule has 16 heavy (non-hydrogen) atoms. The second-order valence-corrected chi connectivity index (χ2v) is 5.36. The average molecular weight is 238 g/mol. The van der Waals surface area contributed by atoms with E-state index >= 15 is 0 Å². The number of benzene rings is 1. The number of halogens is 1. The van der Waals surface area contributed by atoms with Crippen LogP contribution in [0.4, 0.5) is 0 Å². The highest BCUT2D eigenvalue weighted by Gasteiger charge is 2.31. The minimum absolute atomic E-state index is 0.0800. The van der Waals surface area contributed by atoms with Crippen LogP contribution < -0.4 is 5.32 Å². The number of aliphatic hydroxyl groups is 1. The molecule has 0 aliphatic heterocycles. The zero-order valence-corrected chi connectivity index (χ0v) is 9.87. The number of hydrogen-bond donors (Lipinski definition) is 2. The maximum atomic E-state index is 9.27. The quantitative estimate of drug-likeness (QED) is 0.828. The molecule has 0 radical (unpaired) electrons. The van der Waals surface area contributed by atoms with Crippen LogP contribution >= 0.6 is 11.6 Å². The summed E-state index contributed by atoms with van der Waals surface area (Å²) < 4.78 is 0. The Labute approximate surface area is 101 Å². The summed E-state index contributed by atoms with van der Waals surface area (Å²) in [6.45, 7) is 0. The Kier molecular flexibility index (Phi) is 2.66. The minimum Gasteiger partial charge on any atom is -0.393 e. The van der Waals surface area contributed by atoms with E-state index in [1.165, 1.54) is 11.1 Å². The predicted molar refractivity (Wildman–Crippen MR) is 64.7 cm³/mol. The number of aryl methyl sites for hydroxylation is 1. The van der Waals surface area contributed by atoms with Crippen LogP contribution in [0.3, 0.4) is 0 Å². The number of fused-ring (bicyclic) bond motifs is 1. The zero-order valence-electron chi connectivity index (χ0n) is 9.12. The van der Waals surface area contributed by atoms with Gasteiger partial charge in [-0.25, -0.2) is 0 Å². The maximum Gasteiger partial charge on any atom is 0.0570 e. The van der Waals surface area contributed by atoms with E-state index in [0.29, 0.717) is 12.1 Å². The molecule has 0 heterocycles. The highest BCUT2D eigenvalue weighted by molar-refractivity contribution is 6.30. The molecule has 1 aromatic rings. The van der Waals surface area contributed by atoms with Crippen LogP contribution in [0.15, 0.2) is 18.2 Å².